The lowest BCUT2D eigenvalue weighted by molar-refractivity contribution is -0.144. The van der Waals surface area contributed by atoms with Gasteiger partial charge in [-0.1, -0.05) is 19.1 Å². The fraction of sp³-hybridized carbons (Fsp3) is 0.714. The smallest absolute Gasteiger partial charge is 0.305 e. The third-order valence-corrected chi connectivity index (χ3v) is 2.00. The number of aliphatic hydroxyl groups excluding tert-OH is 2. The number of carbonyl (C=O) groups excluding carboxylic acids is 1. The Morgan fingerprint density at radius 3 is 1.54 bits per heavy atom. The summed E-state index contributed by atoms with van der Waals surface area (Å²) in [5.41, 5.74) is 0. The van der Waals surface area contributed by atoms with Crippen molar-refractivity contribution in [3.05, 3.63) is 25.3 Å². The first-order chi connectivity index (χ1) is 13.3. The number of esters is 1. The van der Waals surface area contributed by atoms with E-state index in [2.05, 4.69) is 13.2 Å². The summed E-state index contributed by atoms with van der Waals surface area (Å²) in [6.07, 6.45) is 5.90. The van der Waals surface area contributed by atoms with Crippen LogP contribution in [0.1, 0.15) is 66.7 Å². The van der Waals surface area contributed by atoms with E-state index >= 15 is 0 Å². The SMILES string of the molecule is C=CC.C=CC.CCCOC(=O)CCCCC(=O)O.CCOCC.OCCO. The summed E-state index contributed by atoms with van der Waals surface area (Å²) in [6, 6.07) is 0. The van der Waals surface area contributed by atoms with Crippen LogP contribution in [0.2, 0.25) is 0 Å². The van der Waals surface area contributed by atoms with Crippen molar-refractivity contribution >= 4 is 11.9 Å². The van der Waals surface area contributed by atoms with Gasteiger partial charge in [0.2, 0.25) is 0 Å². The lowest BCUT2D eigenvalue weighted by atomic mass is 10.2. The number of carboxylic acid groups (broad SMARTS) is 1. The molecule has 0 rings (SSSR count). The van der Waals surface area contributed by atoms with Crippen molar-refractivity contribution in [3.8, 4) is 0 Å². The van der Waals surface area contributed by atoms with E-state index in [9.17, 15) is 9.59 Å². The van der Waals surface area contributed by atoms with Crippen molar-refractivity contribution < 1.29 is 34.4 Å². The highest BCUT2D eigenvalue weighted by Gasteiger charge is 2.02. The molecule has 0 aromatic heterocycles. The Labute approximate surface area is 172 Å². The lowest BCUT2D eigenvalue weighted by Gasteiger charge is -2.01. The Balaban J connectivity index is -0.0000000965. The molecule has 28 heavy (non-hydrogen) atoms. The van der Waals surface area contributed by atoms with Crippen LogP contribution < -0.4 is 0 Å². The highest BCUT2D eigenvalue weighted by atomic mass is 16.5. The average Bonchev–Trinajstić information content (AvgIpc) is 2.66. The Bertz CT molecular complexity index is 295. The average molecular weight is 409 g/mol. The third-order valence-electron chi connectivity index (χ3n) is 2.00. The third kappa shape index (κ3) is 87.2. The van der Waals surface area contributed by atoms with Gasteiger partial charge in [0.1, 0.15) is 0 Å². The van der Waals surface area contributed by atoms with Crippen LogP contribution in [-0.2, 0) is 19.1 Å². The van der Waals surface area contributed by atoms with Crippen molar-refractivity contribution in [1.82, 2.24) is 0 Å². The van der Waals surface area contributed by atoms with Crippen LogP contribution in [0, 0.1) is 0 Å². The number of allylic oxidation sites excluding steroid dienone is 2. The molecular formula is C21H44O7. The maximum absolute atomic E-state index is 10.9. The van der Waals surface area contributed by atoms with Crippen LogP contribution in [0.5, 0.6) is 0 Å². The van der Waals surface area contributed by atoms with Crippen molar-refractivity contribution in [2.75, 3.05) is 33.0 Å². The minimum absolute atomic E-state index is 0.125. The number of aliphatic hydroxyl groups is 2. The fourth-order valence-corrected chi connectivity index (χ4v) is 1.04. The van der Waals surface area contributed by atoms with Gasteiger partial charge in [-0.05, 0) is 47.0 Å². The molecule has 0 bridgehead atoms. The molecule has 0 spiro atoms. The van der Waals surface area contributed by atoms with Crippen LogP contribution in [0.4, 0.5) is 0 Å². The number of hydrogen-bond acceptors (Lipinski definition) is 6. The Kier molecular flexibility index (Phi) is 59.1. The van der Waals surface area contributed by atoms with E-state index in [0.29, 0.717) is 25.9 Å². The highest BCUT2D eigenvalue weighted by Crippen LogP contribution is 2.01. The first-order valence-electron chi connectivity index (χ1n) is 9.63. The van der Waals surface area contributed by atoms with Crippen LogP contribution in [0.15, 0.2) is 25.3 Å². The van der Waals surface area contributed by atoms with Gasteiger partial charge in [0.05, 0.1) is 19.8 Å². The predicted molar refractivity (Wildman–Crippen MR) is 115 cm³/mol. The molecule has 7 heteroatoms. The highest BCUT2D eigenvalue weighted by molar-refractivity contribution is 5.69. The van der Waals surface area contributed by atoms with Crippen LogP contribution in [0.25, 0.3) is 0 Å². The van der Waals surface area contributed by atoms with Crippen molar-refractivity contribution in [3.63, 3.8) is 0 Å². The molecule has 0 aromatic carbocycles. The summed E-state index contributed by atoms with van der Waals surface area (Å²) in [4.78, 5) is 21.0. The molecule has 0 fully saturated rings. The molecule has 0 aliphatic heterocycles. The maximum Gasteiger partial charge on any atom is 0.305 e. The van der Waals surface area contributed by atoms with Crippen LogP contribution in [-0.4, -0.2) is 60.3 Å². The van der Waals surface area contributed by atoms with E-state index < -0.39 is 5.97 Å². The quantitative estimate of drug-likeness (QED) is 0.284. The standard InChI is InChI=1S/C9H16O4.C4H10O.2C3H6.C2H6O2/c1-2-7-13-9(12)6-4-3-5-8(10)11;1-3-5-4-2;2*1-3-2;3-1-2-4/h2-7H2,1H3,(H,10,11);3-4H2,1-2H3;2*3H,1H2,2H3;3-4H,1-2H2. The molecule has 7 nitrogen and oxygen atoms in total. The zero-order chi connectivity index (χ0) is 23.1. The number of rotatable bonds is 10. The van der Waals surface area contributed by atoms with E-state index in [1.54, 1.807) is 12.2 Å². The number of hydrogen-bond donors (Lipinski definition) is 3. The first kappa shape index (κ1) is 37.1. The van der Waals surface area contributed by atoms with E-state index in [4.69, 9.17) is 24.8 Å². The molecular weight excluding hydrogens is 364 g/mol. The summed E-state index contributed by atoms with van der Waals surface area (Å²) in [6.45, 7) is 18.3. The van der Waals surface area contributed by atoms with Gasteiger partial charge in [-0.25, -0.2) is 0 Å². The van der Waals surface area contributed by atoms with Gasteiger partial charge in [-0.2, -0.15) is 0 Å². The van der Waals surface area contributed by atoms with Gasteiger partial charge in [-0.15, -0.1) is 13.2 Å². The minimum atomic E-state index is -0.818. The monoisotopic (exact) mass is 408 g/mol. The molecule has 0 amide bonds. The number of carboxylic acids is 1. The van der Waals surface area contributed by atoms with Crippen molar-refractivity contribution in [2.24, 2.45) is 0 Å². The van der Waals surface area contributed by atoms with Gasteiger partial charge in [0, 0.05) is 26.1 Å². The molecule has 0 unspecified atom stereocenters. The van der Waals surface area contributed by atoms with Crippen molar-refractivity contribution in [1.29, 1.82) is 0 Å². The van der Waals surface area contributed by atoms with Gasteiger partial charge in [-0.3, -0.25) is 9.59 Å². The van der Waals surface area contributed by atoms with E-state index in [-0.39, 0.29) is 25.6 Å². The van der Waals surface area contributed by atoms with Gasteiger partial charge >= 0.3 is 11.9 Å². The molecule has 0 aromatic rings. The molecule has 0 saturated carbocycles. The van der Waals surface area contributed by atoms with Crippen molar-refractivity contribution in [2.45, 2.75) is 66.7 Å². The van der Waals surface area contributed by atoms with Crippen LogP contribution >= 0.6 is 0 Å². The number of carbonyl (C=O) groups is 2. The Hall–Kier alpha value is -1.70. The summed E-state index contributed by atoms with van der Waals surface area (Å²) in [5, 5.41) is 23.6. The van der Waals surface area contributed by atoms with E-state index in [0.717, 1.165) is 19.6 Å². The largest absolute Gasteiger partial charge is 0.481 e. The second kappa shape index (κ2) is 44.6. The van der Waals surface area contributed by atoms with E-state index in [1.165, 1.54) is 0 Å². The van der Waals surface area contributed by atoms with Gasteiger partial charge < -0.3 is 24.8 Å². The molecule has 3 N–H and O–H groups in total. The summed E-state index contributed by atoms with van der Waals surface area (Å²) in [5.74, 6) is -1.05. The van der Waals surface area contributed by atoms with Gasteiger partial charge in [0.15, 0.2) is 0 Å². The normalized spacial score (nSPS) is 7.96. The minimum Gasteiger partial charge on any atom is -0.481 e. The maximum atomic E-state index is 10.9. The zero-order valence-electron chi connectivity index (χ0n) is 18.6. The molecule has 0 aliphatic rings. The van der Waals surface area contributed by atoms with Gasteiger partial charge in [0.25, 0.3) is 0 Å². The lowest BCUT2D eigenvalue weighted by Crippen LogP contribution is -2.05. The summed E-state index contributed by atoms with van der Waals surface area (Å²) >= 11 is 0. The molecule has 0 atom stereocenters. The van der Waals surface area contributed by atoms with E-state index in [1.807, 2.05) is 34.6 Å². The predicted octanol–water partition coefficient (Wildman–Crippen LogP) is 3.98. The molecule has 170 valence electrons. The fourth-order valence-electron chi connectivity index (χ4n) is 1.04. The second-order valence-corrected chi connectivity index (χ2v) is 4.87. The zero-order valence-corrected chi connectivity index (χ0v) is 18.6. The topological polar surface area (TPSA) is 113 Å². The van der Waals surface area contributed by atoms with Crippen LogP contribution in [0.3, 0.4) is 0 Å². The number of unbranched alkanes of at least 4 members (excludes halogenated alkanes) is 1. The molecule has 0 heterocycles. The Morgan fingerprint density at radius 1 is 0.893 bits per heavy atom. The number of ether oxygens (including phenoxy) is 2. The first-order valence-corrected chi connectivity index (χ1v) is 9.63. The second-order valence-electron chi connectivity index (χ2n) is 4.87. The number of aliphatic carboxylic acids is 1. The molecule has 0 saturated heterocycles. The summed E-state index contributed by atoms with van der Waals surface area (Å²) < 4.78 is 9.65. The Morgan fingerprint density at radius 2 is 1.29 bits per heavy atom. The molecule has 0 radical (unpaired) electrons. The molecule has 0 aliphatic carbocycles. The summed E-state index contributed by atoms with van der Waals surface area (Å²) in [7, 11) is 0.